The molecule has 0 bridgehead atoms. The van der Waals surface area contributed by atoms with E-state index in [0.29, 0.717) is 11.0 Å². The van der Waals surface area contributed by atoms with Crippen molar-refractivity contribution in [3.05, 3.63) is 33.0 Å². The molecule has 0 spiro atoms. The summed E-state index contributed by atoms with van der Waals surface area (Å²) in [6, 6.07) is 3.20. The van der Waals surface area contributed by atoms with Gasteiger partial charge in [0.15, 0.2) is 0 Å². The lowest BCUT2D eigenvalue weighted by Gasteiger charge is -2.13. The third-order valence-corrected chi connectivity index (χ3v) is 3.01. The van der Waals surface area contributed by atoms with Crippen LogP contribution in [-0.4, -0.2) is 6.54 Å². The summed E-state index contributed by atoms with van der Waals surface area (Å²) in [5.74, 6) is -0.209. The molecule has 1 unspecified atom stereocenters. The molecule has 1 nitrogen and oxygen atoms in total. The van der Waals surface area contributed by atoms with Crippen molar-refractivity contribution < 1.29 is 4.39 Å². The van der Waals surface area contributed by atoms with Crippen LogP contribution in [0, 0.1) is 5.82 Å². The van der Waals surface area contributed by atoms with E-state index in [0.717, 1.165) is 12.0 Å². The van der Waals surface area contributed by atoms with E-state index < -0.39 is 0 Å². The second kappa shape index (κ2) is 5.10. The molecule has 14 heavy (non-hydrogen) atoms. The first-order valence-electron chi connectivity index (χ1n) is 4.40. The molecule has 0 saturated heterocycles. The quantitative estimate of drug-likeness (QED) is 0.840. The smallest absolute Gasteiger partial charge is 0.143 e. The molecule has 78 valence electrons. The van der Waals surface area contributed by atoms with Crippen LogP contribution in [0.2, 0.25) is 5.02 Å². The molecule has 0 fully saturated rings. The molecule has 1 rings (SSSR count). The molecule has 2 N–H and O–H groups in total. The Morgan fingerprint density at radius 1 is 1.57 bits per heavy atom. The average molecular weight is 281 g/mol. The molecule has 0 aliphatic carbocycles. The maximum Gasteiger partial charge on any atom is 0.143 e. The Morgan fingerprint density at radius 3 is 2.79 bits per heavy atom. The minimum atomic E-state index is -0.389. The highest BCUT2D eigenvalue weighted by atomic mass is 79.9. The number of hydrogen-bond donors (Lipinski definition) is 1. The molecule has 1 atom stereocenters. The number of benzene rings is 1. The van der Waals surface area contributed by atoms with Crippen molar-refractivity contribution in [2.75, 3.05) is 6.54 Å². The van der Waals surface area contributed by atoms with E-state index in [9.17, 15) is 4.39 Å². The van der Waals surface area contributed by atoms with E-state index in [1.165, 1.54) is 6.07 Å². The van der Waals surface area contributed by atoms with Gasteiger partial charge in [0.25, 0.3) is 0 Å². The molecule has 0 aliphatic heterocycles. The summed E-state index contributed by atoms with van der Waals surface area (Å²) in [6.45, 7) is 2.56. The lowest BCUT2D eigenvalue weighted by Crippen LogP contribution is -2.05. The largest absolute Gasteiger partial charge is 0.330 e. The summed E-state index contributed by atoms with van der Waals surface area (Å²) in [4.78, 5) is 0. The third kappa shape index (κ3) is 2.69. The summed E-state index contributed by atoms with van der Waals surface area (Å²) in [5, 5.41) is 0.203. The van der Waals surface area contributed by atoms with Gasteiger partial charge < -0.3 is 5.73 Å². The molecule has 4 heteroatoms. The minimum absolute atomic E-state index is 0.180. The van der Waals surface area contributed by atoms with Crippen LogP contribution in [0.25, 0.3) is 0 Å². The van der Waals surface area contributed by atoms with Crippen LogP contribution in [0.5, 0.6) is 0 Å². The van der Waals surface area contributed by atoms with Gasteiger partial charge in [0.1, 0.15) is 5.82 Å². The van der Waals surface area contributed by atoms with Crippen molar-refractivity contribution in [3.63, 3.8) is 0 Å². The highest BCUT2D eigenvalue weighted by molar-refractivity contribution is 9.10. The summed E-state index contributed by atoms with van der Waals surface area (Å²) >= 11 is 9.10. The maximum atomic E-state index is 13.2. The van der Waals surface area contributed by atoms with Gasteiger partial charge in [-0.1, -0.05) is 34.5 Å². The van der Waals surface area contributed by atoms with Gasteiger partial charge in [-0.3, -0.25) is 0 Å². The lowest BCUT2D eigenvalue weighted by molar-refractivity contribution is 0.616. The Hall–Kier alpha value is -0.120. The van der Waals surface area contributed by atoms with E-state index >= 15 is 0 Å². The normalized spacial score (nSPS) is 12.9. The zero-order chi connectivity index (χ0) is 10.7. The summed E-state index contributed by atoms with van der Waals surface area (Å²) < 4.78 is 14.0. The van der Waals surface area contributed by atoms with Crippen LogP contribution in [0.1, 0.15) is 24.8 Å². The number of halogens is 3. The number of rotatable bonds is 3. The van der Waals surface area contributed by atoms with E-state index in [4.69, 9.17) is 17.3 Å². The van der Waals surface area contributed by atoms with Crippen LogP contribution < -0.4 is 5.73 Å². The topological polar surface area (TPSA) is 26.0 Å². The van der Waals surface area contributed by atoms with Crippen molar-refractivity contribution in [2.24, 2.45) is 5.73 Å². The fourth-order valence-electron chi connectivity index (χ4n) is 1.34. The van der Waals surface area contributed by atoms with Gasteiger partial charge in [0.2, 0.25) is 0 Å². The fourth-order valence-corrected chi connectivity index (χ4v) is 2.08. The van der Waals surface area contributed by atoms with Crippen molar-refractivity contribution in [2.45, 2.75) is 19.3 Å². The molecule has 0 amide bonds. The van der Waals surface area contributed by atoms with Gasteiger partial charge >= 0.3 is 0 Å². The average Bonchev–Trinajstić information content (AvgIpc) is 2.11. The number of hydrogen-bond acceptors (Lipinski definition) is 1. The van der Waals surface area contributed by atoms with E-state index in [2.05, 4.69) is 15.9 Å². The lowest BCUT2D eigenvalue weighted by atomic mass is 9.98. The predicted octanol–water partition coefficient (Wildman–Crippen LogP) is 3.69. The summed E-state index contributed by atoms with van der Waals surface area (Å²) in [5.41, 5.74) is 6.25. The molecule has 0 heterocycles. The van der Waals surface area contributed by atoms with Gasteiger partial charge in [0, 0.05) is 4.47 Å². The third-order valence-electron chi connectivity index (χ3n) is 2.15. The highest BCUT2D eigenvalue weighted by Crippen LogP contribution is 2.31. The molecular formula is C10H12BrClFN. The minimum Gasteiger partial charge on any atom is -0.330 e. The highest BCUT2D eigenvalue weighted by Gasteiger charge is 2.13. The van der Waals surface area contributed by atoms with Crippen LogP contribution in [0.3, 0.4) is 0 Å². The van der Waals surface area contributed by atoms with Crippen LogP contribution in [0.4, 0.5) is 4.39 Å². The van der Waals surface area contributed by atoms with Gasteiger partial charge in [0.05, 0.1) is 5.02 Å². The summed E-state index contributed by atoms with van der Waals surface area (Å²) in [6.07, 6.45) is 0.801. The Bertz CT molecular complexity index is 330. The van der Waals surface area contributed by atoms with Crippen LogP contribution in [0.15, 0.2) is 16.6 Å². The van der Waals surface area contributed by atoms with E-state index in [-0.39, 0.29) is 16.8 Å². The van der Waals surface area contributed by atoms with Crippen molar-refractivity contribution in [1.29, 1.82) is 0 Å². The van der Waals surface area contributed by atoms with Crippen molar-refractivity contribution in [1.82, 2.24) is 0 Å². The van der Waals surface area contributed by atoms with Crippen molar-refractivity contribution >= 4 is 27.5 Å². The zero-order valence-corrected chi connectivity index (χ0v) is 10.2. The van der Waals surface area contributed by atoms with E-state index in [1.54, 1.807) is 0 Å². The molecule has 0 aromatic heterocycles. The van der Waals surface area contributed by atoms with Gasteiger partial charge in [-0.15, -0.1) is 0 Å². The van der Waals surface area contributed by atoms with Crippen molar-refractivity contribution in [3.8, 4) is 0 Å². The first kappa shape index (κ1) is 12.0. The van der Waals surface area contributed by atoms with Gasteiger partial charge in [-0.2, -0.15) is 0 Å². The maximum absolute atomic E-state index is 13.2. The second-order valence-corrected chi connectivity index (χ2v) is 4.56. The first-order valence-corrected chi connectivity index (χ1v) is 5.58. The SMILES string of the molecule is CC(CCN)c1cc(Br)cc(F)c1Cl. The molecular weight excluding hydrogens is 268 g/mol. The monoisotopic (exact) mass is 279 g/mol. The standard InChI is InChI=1S/C10H12BrClFN/c1-6(2-3-14)8-4-7(11)5-9(13)10(8)12/h4-6H,2-3,14H2,1H3. The van der Waals surface area contributed by atoms with E-state index in [1.807, 2.05) is 13.0 Å². The molecule has 0 aliphatic rings. The Morgan fingerprint density at radius 2 is 2.21 bits per heavy atom. The second-order valence-electron chi connectivity index (χ2n) is 3.27. The number of nitrogens with two attached hydrogens (primary N) is 1. The molecule has 1 aromatic rings. The first-order chi connectivity index (χ1) is 6.56. The van der Waals surface area contributed by atoms with Crippen LogP contribution >= 0.6 is 27.5 Å². The Kier molecular flexibility index (Phi) is 4.35. The zero-order valence-electron chi connectivity index (χ0n) is 7.86. The summed E-state index contributed by atoms with van der Waals surface area (Å²) in [7, 11) is 0. The fraction of sp³-hybridized carbons (Fsp3) is 0.400. The van der Waals surface area contributed by atoms with Crippen LogP contribution in [-0.2, 0) is 0 Å². The molecule has 0 saturated carbocycles. The van der Waals surface area contributed by atoms with Gasteiger partial charge in [-0.25, -0.2) is 4.39 Å². The van der Waals surface area contributed by atoms with Gasteiger partial charge in [-0.05, 0) is 36.6 Å². The Labute approximate surface area is 96.6 Å². The molecule has 0 radical (unpaired) electrons. The predicted molar refractivity (Wildman–Crippen MR) is 61.2 cm³/mol. The molecule has 1 aromatic carbocycles. The Balaban J connectivity index is 3.07.